The highest BCUT2D eigenvalue weighted by molar-refractivity contribution is 5.77. The van der Waals surface area contributed by atoms with E-state index in [1.165, 1.54) is 5.57 Å². The molecule has 0 saturated heterocycles. The number of amides is 1. The van der Waals surface area contributed by atoms with Gasteiger partial charge in [-0.1, -0.05) is 25.5 Å². The smallest absolute Gasteiger partial charge is 0.246 e. The van der Waals surface area contributed by atoms with Gasteiger partial charge in [0.05, 0.1) is 18.1 Å². The van der Waals surface area contributed by atoms with E-state index in [2.05, 4.69) is 37.1 Å². The number of hydrogen-bond acceptors (Lipinski definition) is 4. The lowest BCUT2D eigenvalue weighted by molar-refractivity contribution is -0.124. The first-order chi connectivity index (χ1) is 13.9. The maximum absolute atomic E-state index is 11.8. The molecule has 2 aromatic rings. The molecule has 0 aliphatic heterocycles. The van der Waals surface area contributed by atoms with Crippen molar-refractivity contribution >= 4 is 16.9 Å². The number of carbonyl (C=O) groups is 1. The molecule has 0 fully saturated rings. The normalized spacial score (nSPS) is 22.0. The van der Waals surface area contributed by atoms with Crippen LogP contribution < -0.4 is 10.1 Å². The molecule has 0 bridgehead atoms. The van der Waals surface area contributed by atoms with Gasteiger partial charge >= 0.3 is 0 Å². The van der Waals surface area contributed by atoms with Gasteiger partial charge in [-0.15, -0.1) is 0 Å². The second-order valence-electron chi connectivity index (χ2n) is 8.42. The zero-order valence-corrected chi connectivity index (χ0v) is 18.1. The fourth-order valence-electron chi connectivity index (χ4n) is 4.42. The Bertz CT molecular complexity index is 871. The number of nitrogens with one attached hydrogen (secondary N) is 2. The number of rotatable bonds is 8. The predicted molar refractivity (Wildman–Crippen MR) is 115 cm³/mol. The van der Waals surface area contributed by atoms with E-state index >= 15 is 0 Å². The lowest BCUT2D eigenvalue weighted by Crippen LogP contribution is -2.38. The van der Waals surface area contributed by atoms with Crippen LogP contribution in [0.3, 0.4) is 0 Å². The van der Waals surface area contributed by atoms with Crippen molar-refractivity contribution in [1.29, 1.82) is 0 Å². The van der Waals surface area contributed by atoms with Crippen molar-refractivity contribution in [3.8, 4) is 5.75 Å². The predicted octanol–water partition coefficient (Wildman–Crippen LogP) is 3.73. The van der Waals surface area contributed by atoms with E-state index < -0.39 is 0 Å². The minimum atomic E-state index is -0.0547. The monoisotopic (exact) mass is 399 g/mol. The minimum Gasteiger partial charge on any atom is -0.497 e. The summed E-state index contributed by atoms with van der Waals surface area (Å²) >= 11 is 0. The molecule has 0 radical (unpaired) electrons. The van der Waals surface area contributed by atoms with Crippen molar-refractivity contribution in [2.24, 2.45) is 23.7 Å². The minimum absolute atomic E-state index is 0.0547. The van der Waals surface area contributed by atoms with E-state index in [-0.39, 0.29) is 12.5 Å². The Labute approximate surface area is 173 Å². The molecular weight excluding hydrogens is 366 g/mol. The number of benzene rings is 1. The topological polar surface area (TPSA) is 76.2 Å². The van der Waals surface area contributed by atoms with Gasteiger partial charge in [0.2, 0.25) is 5.91 Å². The molecule has 1 heterocycles. The van der Waals surface area contributed by atoms with Gasteiger partial charge in [0.15, 0.2) is 0 Å². The zero-order chi connectivity index (χ0) is 21.0. The fraction of sp³-hybridized carbons (Fsp3) is 0.565. The Hall–Kier alpha value is -2.34. The van der Waals surface area contributed by atoms with Crippen LogP contribution >= 0.6 is 0 Å². The molecule has 0 spiro atoms. The number of nitrogens with zero attached hydrogens (tertiary/aromatic N) is 1. The number of hydrogen-bond donors (Lipinski definition) is 2. The summed E-state index contributed by atoms with van der Waals surface area (Å²) in [5, 5.41) is 3.01. The molecule has 3 atom stereocenters. The lowest BCUT2D eigenvalue weighted by Gasteiger charge is -2.37. The fourth-order valence-corrected chi connectivity index (χ4v) is 4.42. The molecule has 3 rings (SSSR count). The van der Waals surface area contributed by atoms with Gasteiger partial charge in [0.25, 0.3) is 0 Å². The molecule has 1 aromatic heterocycles. The van der Waals surface area contributed by atoms with Gasteiger partial charge in [-0.2, -0.15) is 0 Å². The van der Waals surface area contributed by atoms with Crippen LogP contribution in [0, 0.1) is 23.7 Å². The summed E-state index contributed by atoms with van der Waals surface area (Å²) in [6.07, 6.45) is 4.36. The van der Waals surface area contributed by atoms with Crippen molar-refractivity contribution in [3.63, 3.8) is 0 Å². The van der Waals surface area contributed by atoms with E-state index in [0.717, 1.165) is 35.4 Å². The second-order valence-corrected chi connectivity index (χ2v) is 8.42. The highest BCUT2D eigenvalue weighted by Crippen LogP contribution is 2.38. The number of methoxy groups -OCH3 is 2. The lowest BCUT2D eigenvalue weighted by atomic mass is 9.70. The summed E-state index contributed by atoms with van der Waals surface area (Å²) < 4.78 is 10.2. The molecule has 1 aromatic carbocycles. The molecule has 6 nitrogen and oxygen atoms in total. The third-order valence-corrected chi connectivity index (χ3v) is 6.07. The summed E-state index contributed by atoms with van der Waals surface area (Å²) in [4.78, 5) is 20.0. The Morgan fingerprint density at radius 3 is 2.83 bits per heavy atom. The largest absolute Gasteiger partial charge is 0.497 e. The van der Waals surface area contributed by atoms with Crippen molar-refractivity contribution in [2.75, 3.05) is 27.4 Å². The molecule has 2 N–H and O–H groups in total. The summed E-state index contributed by atoms with van der Waals surface area (Å²) in [5.74, 6) is 3.67. The van der Waals surface area contributed by atoms with Crippen LogP contribution in [0.5, 0.6) is 5.75 Å². The SMILES string of the molecule is COCC(=O)NC[C@@H]1C=C(C)[C@H](Cc2nc3ccc(OC)cc3[nH]2)C[C@H]1C(C)C. The molecule has 1 aliphatic rings. The Morgan fingerprint density at radius 2 is 2.14 bits per heavy atom. The first-order valence-electron chi connectivity index (χ1n) is 10.4. The molecule has 6 heteroatoms. The Balaban J connectivity index is 1.73. The zero-order valence-electron chi connectivity index (χ0n) is 18.1. The van der Waals surface area contributed by atoms with Crippen molar-refractivity contribution in [2.45, 2.75) is 33.6 Å². The van der Waals surface area contributed by atoms with Gasteiger partial charge in [0, 0.05) is 26.1 Å². The average molecular weight is 400 g/mol. The molecular formula is C23H33N3O3. The van der Waals surface area contributed by atoms with E-state index in [0.29, 0.717) is 30.2 Å². The highest BCUT2D eigenvalue weighted by atomic mass is 16.5. The number of carbonyl (C=O) groups excluding carboxylic acids is 1. The number of aromatic amines is 1. The number of H-pyrrole nitrogens is 1. The van der Waals surface area contributed by atoms with Crippen molar-refractivity contribution in [1.82, 2.24) is 15.3 Å². The summed E-state index contributed by atoms with van der Waals surface area (Å²) in [7, 11) is 3.22. The van der Waals surface area contributed by atoms with E-state index in [9.17, 15) is 4.79 Å². The average Bonchev–Trinajstić information content (AvgIpc) is 3.09. The van der Waals surface area contributed by atoms with Crippen LogP contribution in [0.4, 0.5) is 0 Å². The molecule has 1 amide bonds. The van der Waals surface area contributed by atoms with E-state index in [1.54, 1.807) is 14.2 Å². The first kappa shape index (κ1) is 21.4. The number of aromatic nitrogens is 2. The van der Waals surface area contributed by atoms with Gasteiger partial charge in [-0.3, -0.25) is 4.79 Å². The van der Waals surface area contributed by atoms with Crippen LogP contribution in [0.15, 0.2) is 29.8 Å². The highest BCUT2D eigenvalue weighted by Gasteiger charge is 2.32. The van der Waals surface area contributed by atoms with Crippen molar-refractivity contribution < 1.29 is 14.3 Å². The first-order valence-corrected chi connectivity index (χ1v) is 10.4. The third kappa shape index (κ3) is 5.18. The van der Waals surface area contributed by atoms with Gasteiger partial charge in [-0.05, 0) is 49.1 Å². The standard InChI is InChI=1S/C23H33N3O3/c1-14(2)19-9-16(15(3)8-17(19)12-24-23(27)13-28-4)10-22-25-20-7-6-18(29-5)11-21(20)26-22/h6-8,11,14,16-17,19H,9-10,12-13H2,1-5H3,(H,24,27)(H,25,26)/t16-,17-,19-/m0/s1. The Kier molecular flexibility index (Phi) is 6.96. The van der Waals surface area contributed by atoms with Crippen LogP contribution in [-0.2, 0) is 16.0 Å². The summed E-state index contributed by atoms with van der Waals surface area (Å²) in [6.45, 7) is 7.53. The second kappa shape index (κ2) is 9.44. The van der Waals surface area contributed by atoms with Crippen molar-refractivity contribution in [3.05, 3.63) is 35.7 Å². The third-order valence-electron chi connectivity index (χ3n) is 6.07. The van der Waals surface area contributed by atoms with Crippen LogP contribution in [0.25, 0.3) is 11.0 Å². The van der Waals surface area contributed by atoms with Gasteiger partial charge in [0.1, 0.15) is 18.2 Å². The van der Waals surface area contributed by atoms with Crippen LogP contribution in [0.2, 0.25) is 0 Å². The summed E-state index contributed by atoms with van der Waals surface area (Å²) in [6, 6.07) is 5.93. The number of allylic oxidation sites excluding steroid dienone is 1. The number of ether oxygens (including phenoxy) is 2. The van der Waals surface area contributed by atoms with Gasteiger partial charge < -0.3 is 19.8 Å². The maximum Gasteiger partial charge on any atom is 0.246 e. The molecule has 0 saturated carbocycles. The summed E-state index contributed by atoms with van der Waals surface area (Å²) in [5.41, 5.74) is 3.36. The van der Waals surface area contributed by atoms with Crippen LogP contribution in [0.1, 0.15) is 33.0 Å². The maximum atomic E-state index is 11.8. The van der Waals surface area contributed by atoms with Crippen LogP contribution in [-0.4, -0.2) is 43.2 Å². The number of fused-ring (bicyclic) bond motifs is 1. The van der Waals surface area contributed by atoms with E-state index in [1.807, 2.05) is 18.2 Å². The Morgan fingerprint density at radius 1 is 1.34 bits per heavy atom. The molecule has 1 aliphatic carbocycles. The molecule has 29 heavy (non-hydrogen) atoms. The van der Waals surface area contributed by atoms with Gasteiger partial charge in [-0.25, -0.2) is 4.98 Å². The molecule has 158 valence electrons. The molecule has 0 unspecified atom stereocenters. The number of imidazole rings is 1. The van der Waals surface area contributed by atoms with E-state index in [4.69, 9.17) is 14.5 Å². The quantitative estimate of drug-likeness (QED) is 0.663.